The van der Waals surface area contributed by atoms with Gasteiger partial charge < -0.3 is 26.1 Å². The molecule has 4 heterocycles. The first-order valence-electron chi connectivity index (χ1n) is 10.1. The number of aromatic nitrogens is 2. The summed E-state index contributed by atoms with van der Waals surface area (Å²) in [5, 5.41) is 25.6. The molecule has 2 aromatic rings. The van der Waals surface area contributed by atoms with Gasteiger partial charge in [0.15, 0.2) is 10.8 Å². The van der Waals surface area contributed by atoms with Crippen molar-refractivity contribution in [1.82, 2.24) is 20.2 Å². The van der Waals surface area contributed by atoms with Crippen molar-refractivity contribution in [3.05, 3.63) is 51.8 Å². The highest BCUT2D eigenvalue weighted by Crippen LogP contribution is 2.44. The Morgan fingerprint density at radius 3 is 2.78 bits per heavy atom. The zero-order valence-electron chi connectivity index (χ0n) is 18.2. The number of aliphatic carboxylic acids is 2. The molecule has 1 saturated heterocycles. The standard InChI is InChI=1S/C20H18N6O7S3/c21-20-23-10(7-36-20)13(25-33-5-12(27)28)16(29)24-14-17(30)26-15(19(31)32)11(8-35-18(14)26)34-6-9-3-1-2-4-22-9/h1-4,7,14,18H,5-6,8H2,(H2,21,23)(H,24,29)(H,27,28)(H,31,32)/b25-13+/t14-,18-/m1/s1. The van der Waals surface area contributed by atoms with Gasteiger partial charge >= 0.3 is 11.9 Å². The molecule has 0 radical (unpaired) electrons. The van der Waals surface area contributed by atoms with Crippen LogP contribution >= 0.6 is 34.9 Å². The first-order chi connectivity index (χ1) is 17.3. The maximum atomic E-state index is 12.9. The Labute approximate surface area is 215 Å². The lowest BCUT2D eigenvalue weighted by atomic mass is 10.0. The van der Waals surface area contributed by atoms with Crippen LogP contribution in [-0.2, 0) is 29.8 Å². The van der Waals surface area contributed by atoms with Crippen molar-refractivity contribution in [3.8, 4) is 0 Å². The number of carbonyl (C=O) groups is 4. The number of amides is 2. The van der Waals surface area contributed by atoms with Gasteiger partial charge in [-0.15, -0.1) is 34.9 Å². The summed E-state index contributed by atoms with van der Waals surface area (Å²) >= 11 is 3.63. The van der Waals surface area contributed by atoms with E-state index in [2.05, 4.69) is 20.4 Å². The SMILES string of the molecule is Nc1nc(/C(=N\OCC(=O)O)C(=O)N[C@@H]2C(=O)N3C(C(=O)O)=C(SCc4ccccn4)CS[C@H]23)cs1. The highest BCUT2D eigenvalue weighted by Gasteiger charge is 2.54. The minimum Gasteiger partial charge on any atom is -0.479 e. The number of fused-ring (bicyclic) bond motifs is 1. The van der Waals surface area contributed by atoms with E-state index in [1.807, 2.05) is 12.1 Å². The number of carboxylic acids is 2. The van der Waals surface area contributed by atoms with Crippen molar-refractivity contribution in [1.29, 1.82) is 0 Å². The Balaban J connectivity index is 1.49. The van der Waals surface area contributed by atoms with E-state index in [0.29, 0.717) is 16.4 Å². The van der Waals surface area contributed by atoms with E-state index in [1.54, 1.807) is 12.3 Å². The number of hydrogen-bond donors (Lipinski definition) is 4. The normalized spacial score (nSPS) is 19.4. The Morgan fingerprint density at radius 1 is 1.33 bits per heavy atom. The molecular formula is C20H18N6O7S3. The molecule has 0 aliphatic carbocycles. The van der Waals surface area contributed by atoms with Crippen LogP contribution in [0.1, 0.15) is 11.4 Å². The zero-order chi connectivity index (χ0) is 25.8. The van der Waals surface area contributed by atoms with Gasteiger partial charge in [-0.05, 0) is 12.1 Å². The van der Waals surface area contributed by atoms with Crippen molar-refractivity contribution >= 4 is 69.5 Å². The van der Waals surface area contributed by atoms with Crippen LogP contribution in [-0.4, -0.2) is 78.3 Å². The number of carbonyl (C=O) groups excluding carboxylic acids is 2. The monoisotopic (exact) mass is 550 g/mol. The minimum absolute atomic E-state index is 0.0413. The fraction of sp³-hybridized carbons (Fsp3) is 0.250. The van der Waals surface area contributed by atoms with Crippen molar-refractivity contribution in [2.24, 2.45) is 5.16 Å². The number of nitrogens with two attached hydrogens (primary N) is 1. The number of pyridine rings is 1. The number of carboxylic acid groups (broad SMARTS) is 2. The molecule has 1 fully saturated rings. The van der Waals surface area contributed by atoms with Crippen molar-refractivity contribution in [2.45, 2.75) is 17.2 Å². The largest absolute Gasteiger partial charge is 0.479 e. The summed E-state index contributed by atoms with van der Waals surface area (Å²) < 4.78 is 0. The second-order valence-corrected chi connectivity index (χ2v) is 10.3. The first-order valence-corrected chi connectivity index (χ1v) is 13.1. The number of nitrogens with one attached hydrogen (secondary N) is 1. The molecule has 0 unspecified atom stereocenters. The molecule has 0 saturated carbocycles. The summed E-state index contributed by atoms with van der Waals surface area (Å²) in [7, 11) is 0. The lowest BCUT2D eigenvalue weighted by Gasteiger charge is -2.49. The van der Waals surface area contributed by atoms with E-state index < -0.39 is 41.8 Å². The summed E-state index contributed by atoms with van der Waals surface area (Å²) in [5.41, 5.74) is 5.94. The van der Waals surface area contributed by atoms with Gasteiger partial charge in [-0.25, -0.2) is 14.6 Å². The average Bonchev–Trinajstić information content (AvgIpc) is 3.29. The third-order valence-electron chi connectivity index (χ3n) is 4.87. The molecule has 36 heavy (non-hydrogen) atoms. The lowest BCUT2D eigenvalue weighted by molar-refractivity contribution is -0.150. The summed E-state index contributed by atoms with van der Waals surface area (Å²) in [4.78, 5) is 63.2. The molecule has 2 aliphatic heterocycles. The van der Waals surface area contributed by atoms with Crippen molar-refractivity contribution in [2.75, 3.05) is 18.1 Å². The van der Waals surface area contributed by atoms with Crippen LogP contribution < -0.4 is 11.1 Å². The molecule has 0 bridgehead atoms. The van der Waals surface area contributed by atoms with E-state index in [0.717, 1.165) is 21.9 Å². The Morgan fingerprint density at radius 2 is 2.14 bits per heavy atom. The number of thiazole rings is 1. The topological polar surface area (TPSA) is 197 Å². The highest BCUT2D eigenvalue weighted by molar-refractivity contribution is 8.05. The molecule has 2 aromatic heterocycles. The van der Waals surface area contributed by atoms with E-state index in [1.165, 1.54) is 28.9 Å². The van der Waals surface area contributed by atoms with Gasteiger partial charge in [0.25, 0.3) is 11.8 Å². The number of oxime groups is 1. The Bertz CT molecular complexity index is 1270. The predicted octanol–water partition coefficient (Wildman–Crippen LogP) is 0.555. The molecule has 2 aliphatic rings. The quantitative estimate of drug-likeness (QED) is 0.182. The average molecular weight is 551 g/mol. The lowest BCUT2D eigenvalue weighted by Crippen LogP contribution is -2.71. The van der Waals surface area contributed by atoms with E-state index in [4.69, 9.17) is 15.7 Å². The molecule has 0 spiro atoms. The number of anilines is 1. The van der Waals surface area contributed by atoms with E-state index in [-0.39, 0.29) is 22.2 Å². The molecule has 2 atom stereocenters. The summed E-state index contributed by atoms with van der Waals surface area (Å²) in [6.07, 6.45) is 1.64. The van der Waals surface area contributed by atoms with Gasteiger partial charge in [-0.1, -0.05) is 11.2 Å². The zero-order valence-corrected chi connectivity index (χ0v) is 20.6. The number of thioether (sulfide) groups is 2. The molecule has 5 N–H and O–H groups in total. The first kappa shape index (κ1) is 25.5. The molecule has 2 amide bonds. The van der Waals surface area contributed by atoms with E-state index >= 15 is 0 Å². The van der Waals surface area contributed by atoms with Crippen LogP contribution in [0.2, 0.25) is 0 Å². The smallest absolute Gasteiger partial charge is 0.353 e. The van der Waals surface area contributed by atoms with Gasteiger partial charge in [0, 0.05) is 28.0 Å². The van der Waals surface area contributed by atoms with Gasteiger partial charge in [-0.3, -0.25) is 19.5 Å². The molecule has 4 rings (SSSR count). The highest BCUT2D eigenvalue weighted by atomic mass is 32.2. The van der Waals surface area contributed by atoms with Gasteiger partial charge in [0.1, 0.15) is 22.8 Å². The maximum Gasteiger partial charge on any atom is 0.353 e. The van der Waals surface area contributed by atoms with E-state index in [9.17, 15) is 24.3 Å². The third kappa shape index (κ3) is 5.44. The van der Waals surface area contributed by atoms with Gasteiger partial charge in [0.05, 0.1) is 5.69 Å². The second-order valence-electron chi connectivity index (χ2n) is 7.23. The second kappa shape index (κ2) is 11.0. The predicted molar refractivity (Wildman–Crippen MR) is 132 cm³/mol. The molecular weight excluding hydrogens is 532 g/mol. The number of nitrogen functional groups attached to an aromatic ring is 1. The molecule has 188 valence electrons. The Hall–Kier alpha value is -3.63. The fourth-order valence-corrected chi connectivity index (χ4v) is 6.40. The van der Waals surface area contributed by atoms with Crippen molar-refractivity contribution in [3.63, 3.8) is 0 Å². The Kier molecular flexibility index (Phi) is 7.76. The number of hydrogen-bond acceptors (Lipinski definition) is 12. The van der Waals surface area contributed by atoms with Crippen LogP contribution in [0.15, 0.2) is 45.5 Å². The summed E-state index contributed by atoms with van der Waals surface area (Å²) in [6, 6.07) is 4.40. The number of β-lactam (4-membered cyclic amide) rings is 1. The van der Waals surface area contributed by atoms with Crippen LogP contribution in [0.5, 0.6) is 0 Å². The number of nitrogens with zero attached hydrogens (tertiary/aromatic N) is 4. The third-order valence-corrected chi connectivity index (χ3v) is 8.13. The number of rotatable bonds is 10. The fourth-order valence-electron chi connectivity index (χ4n) is 3.31. The van der Waals surface area contributed by atoms with Crippen LogP contribution in [0.4, 0.5) is 5.13 Å². The molecule has 0 aromatic carbocycles. The van der Waals surface area contributed by atoms with Crippen LogP contribution in [0.25, 0.3) is 0 Å². The molecule has 13 nitrogen and oxygen atoms in total. The van der Waals surface area contributed by atoms with Gasteiger partial charge in [0.2, 0.25) is 6.61 Å². The van der Waals surface area contributed by atoms with Crippen molar-refractivity contribution < 1.29 is 34.2 Å². The summed E-state index contributed by atoms with van der Waals surface area (Å²) in [6.45, 7) is -0.795. The van der Waals surface area contributed by atoms with Crippen LogP contribution in [0.3, 0.4) is 0 Å². The van der Waals surface area contributed by atoms with Crippen LogP contribution in [0, 0.1) is 0 Å². The summed E-state index contributed by atoms with van der Waals surface area (Å²) in [5.74, 6) is -3.23. The van der Waals surface area contributed by atoms with Gasteiger partial charge in [-0.2, -0.15) is 0 Å². The minimum atomic E-state index is -1.30. The maximum absolute atomic E-state index is 12.9. The molecule has 16 heteroatoms.